The van der Waals surface area contributed by atoms with E-state index in [1.807, 2.05) is 30.3 Å². The Labute approximate surface area is 162 Å². The van der Waals surface area contributed by atoms with Gasteiger partial charge in [-0.1, -0.05) is 42.1 Å². The van der Waals surface area contributed by atoms with Crippen LogP contribution in [0.5, 0.6) is 5.75 Å². The fraction of sp³-hybridized carbons (Fsp3) is 0.222. The molecule has 0 bridgehead atoms. The van der Waals surface area contributed by atoms with Crippen LogP contribution in [-0.4, -0.2) is 43.0 Å². The van der Waals surface area contributed by atoms with Crippen LogP contribution in [0, 0.1) is 6.92 Å². The molecule has 27 heavy (non-hydrogen) atoms. The first kappa shape index (κ1) is 19.4. The summed E-state index contributed by atoms with van der Waals surface area (Å²) in [5, 5.41) is 7.62. The van der Waals surface area contributed by atoms with Crippen LogP contribution < -0.4 is 9.46 Å². The molecule has 0 unspecified atom stereocenters. The SMILES string of the molecule is COc1ccc(S(=O)(=O)NCCSc2n[nH]c(-c3ccccc3)n2)cc1C. The highest BCUT2D eigenvalue weighted by molar-refractivity contribution is 7.99. The minimum Gasteiger partial charge on any atom is -0.496 e. The fourth-order valence-electron chi connectivity index (χ4n) is 2.46. The lowest BCUT2D eigenvalue weighted by molar-refractivity contribution is 0.411. The maximum absolute atomic E-state index is 12.4. The van der Waals surface area contributed by atoms with E-state index in [2.05, 4.69) is 19.9 Å². The molecule has 3 rings (SSSR count). The van der Waals surface area contributed by atoms with Gasteiger partial charge in [0.05, 0.1) is 12.0 Å². The number of aromatic amines is 1. The molecule has 2 N–H and O–H groups in total. The van der Waals surface area contributed by atoms with Gasteiger partial charge < -0.3 is 4.74 Å². The maximum atomic E-state index is 12.4. The normalized spacial score (nSPS) is 11.5. The zero-order chi connectivity index (χ0) is 19.3. The Morgan fingerprint density at radius 1 is 1.19 bits per heavy atom. The molecule has 1 aromatic heterocycles. The topological polar surface area (TPSA) is 97.0 Å². The molecule has 142 valence electrons. The predicted octanol–water partition coefficient (Wildman–Crippen LogP) is 2.86. The van der Waals surface area contributed by atoms with Gasteiger partial charge in [-0.2, -0.15) is 0 Å². The molecule has 0 fully saturated rings. The second-order valence-corrected chi connectivity index (χ2v) is 8.54. The van der Waals surface area contributed by atoms with Gasteiger partial charge in [-0.05, 0) is 30.7 Å². The number of thioether (sulfide) groups is 1. The van der Waals surface area contributed by atoms with Crippen LogP contribution in [0.15, 0.2) is 58.6 Å². The lowest BCUT2D eigenvalue weighted by Gasteiger charge is -2.09. The third kappa shape index (κ3) is 4.88. The van der Waals surface area contributed by atoms with Crippen molar-refractivity contribution in [2.75, 3.05) is 19.4 Å². The van der Waals surface area contributed by atoms with E-state index in [1.54, 1.807) is 26.2 Å². The Balaban J connectivity index is 1.54. The number of sulfonamides is 1. The number of hydrogen-bond acceptors (Lipinski definition) is 6. The molecule has 0 aliphatic heterocycles. The lowest BCUT2D eigenvalue weighted by Crippen LogP contribution is -2.26. The van der Waals surface area contributed by atoms with Crippen LogP contribution in [0.4, 0.5) is 0 Å². The highest BCUT2D eigenvalue weighted by Gasteiger charge is 2.15. The average Bonchev–Trinajstić information content (AvgIpc) is 3.15. The van der Waals surface area contributed by atoms with Gasteiger partial charge in [0, 0.05) is 17.9 Å². The van der Waals surface area contributed by atoms with Crippen LogP contribution in [0.1, 0.15) is 5.56 Å². The van der Waals surface area contributed by atoms with Crippen molar-refractivity contribution in [1.82, 2.24) is 19.9 Å². The number of nitrogens with zero attached hydrogens (tertiary/aromatic N) is 2. The number of aryl methyl sites for hydroxylation is 1. The molecule has 0 saturated carbocycles. The number of H-pyrrole nitrogens is 1. The summed E-state index contributed by atoms with van der Waals surface area (Å²) in [5.41, 5.74) is 1.72. The molecule has 3 aromatic rings. The van der Waals surface area contributed by atoms with Gasteiger partial charge in [0.1, 0.15) is 5.75 Å². The van der Waals surface area contributed by atoms with E-state index in [0.717, 1.165) is 11.1 Å². The number of hydrogen-bond donors (Lipinski definition) is 2. The van der Waals surface area contributed by atoms with E-state index in [-0.39, 0.29) is 11.4 Å². The zero-order valence-corrected chi connectivity index (χ0v) is 16.6. The van der Waals surface area contributed by atoms with Crippen molar-refractivity contribution in [2.45, 2.75) is 17.0 Å². The van der Waals surface area contributed by atoms with E-state index in [4.69, 9.17) is 4.74 Å². The van der Waals surface area contributed by atoms with Gasteiger partial charge in [-0.15, -0.1) is 5.10 Å². The van der Waals surface area contributed by atoms with Gasteiger partial charge in [-0.25, -0.2) is 18.1 Å². The molecule has 0 amide bonds. The van der Waals surface area contributed by atoms with Crippen molar-refractivity contribution in [3.05, 3.63) is 54.1 Å². The van der Waals surface area contributed by atoms with Crippen molar-refractivity contribution < 1.29 is 13.2 Å². The monoisotopic (exact) mass is 404 g/mol. The summed E-state index contributed by atoms with van der Waals surface area (Å²) in [6.45, 7) is 2.08. The number of nitrogens with one attached hydrogen (secondary N) is 2. The molecule has 7 nitrogen and oxygen atoms in total. The summed E-state index contributed by atoms with van der Waals surface area (Å²) in [7, 11) is -2.01. The molecular weight excluding hydrogens is 384 g/mol. The lowest BCUT2D eigenvalue weighted by atomic mass is 10.2. The molecule has 0 atom stereocenters. The Morgan fingerprint density at radius 3 is 2.67 bits per heavy atom. The quantitative estimate of drug-likeness (QED) is 0.443. The highest BCUT2D eigenvalue weighted by atomic mass is 32.2. The Hall–Kier alpha value is -2.36. The number of methoxy groups -OCH3 is 1. The van der Waals surface area contributed by atoms with E-state index < -0.39 is 10.0 Å². The van der Waals surface area contributed by atoms with Crippen LogP contribution in [-0.2, 0) is 10.0 Å². The van der Waals surface area contributed by atoms with Gasteiger partial charge in [0.15, 0.2) is 5.82 Å². The first-order valence-electron chi connectivity index (χ1n) is 8.24. The highest BCUT2D eigenvalue weighted by Crippen LogP contribution is 2.22. The van der Waals surface area contributed by atoms with Crippen LogP contribution in [0.3, 0.4) is 0 Å². The number of aromatic nitrogens is 3. The third-order valence-corrected chi connectivity index (χ3v) is 6.12. The Bertz CT molecular complexity index is 1000. The van der Waals surface area contributed by atoms with E-state index >= 15 is 0 Å². The summed E-state index contributed by atoms with van der Waals surface area (Å²) >= 11 is 1.38. The van der Waals surface area contributed by atoms with Gasteiger partial charge >= 0.3 is 0 Å². The maximum Gasteiger partial charge on any atom is 0.240 e. The molecule has 0 radical (unpaired) electrons. The van der Waals surface area contributed by atoms with Crippen molar-refractivity contribution in [3.63, 3.8) is 0 Å². The number of ether oxygens (including phenoxy) is 1. The Kier molecular flexibility index (Phi) is 6.15. The average molecular weight is 405 g/mol. The Morgan fingerprint density at radius 2 is 1.96 bits per heavy atom. The predicted molar refractivity (Wildman–Crippen MR) is 105 cm³/mol. The van der Waals surface area contributed by atoms with Gasteiger partial charge in [0.2, 0.25) is 15.2 Å². The smallest absolute Gasteiger partial charge is 0.240 e. The zero-order valence-electron chi connectivity index (χ0n) is 15.0. The van der Waals surface area contributed by atoms with E-state index in [0.29, 0.717) is 22.5 Å². The largest absolute Gasteiger partial charge is 0.496 e. The third-order valence-electron chi connectivity index (χ3n) is 3.81. The second-order valence-electron chi connectivity index (χ2n) is 5.71. The summed E-state index contributed by atoms with van der Waals surface area (Å²) < 4.78 is 32.5. The molecule has 0 aliphatic rings. The van der Waals surface area contributed by atoms with E-state index in [9.17, 15) is 8.42 Å². The van der Waals surface area contributed by atoms with Crippen molar-refractivity contribution >= 4 is 21.8 Å². The molecule has 2 aromatic carbocycles. The van der Waals surface area contributed by atoms with Crippen molar-refractivity contribution in [3.8, 4) is 17.1 Å². The van der Waals surface area contributed by atoms with Crippen LogP contribution in [0.25, 0.3) is 11.4 Å². The van der Waals surface area contributed by atoms with E-state index in [1.165, 1.54) is 17.8 Å². The molecular formula is C18H20N4O3S2. The molecule has 0 spiro atoms. The van der Waals surface area contributed by atoms with Crippen molar-refractivity contribution in [1.29, 1.82) is 0 Å². The summed E-state index contributed by atoms with van der Waals surface area (Å²) in [5.74, 6) is 1.86. The number of rotatable bonds is 8. The van der Waals surface area contributed by atoms with Crippen molar-refractivity contribution in [2.24, 2.45) is 0 Å². The summed E-state index contributed by atoms with van der Waals surface area (Å²) in [6.07, 6.45) is 0. The minimum absolute atomic E-state index is 0.218. The van der Waals surface area contributed by atoms with Crippen LogP contribution >= 0.6 is 11.8 Å². The second kappa shape index (κ2) is 8.55. The van der Waals surface area contributed by atoms with Crippen LogP contribution in [0.2, 0.25) is 0 Å². The molecule has 0 aliphatic carbocycles. The fourth-order valence-corrected chi connectivity index (χ4v) is 4.35. The first-order chi connectivity index (χ1) is 13.0. The van der Waals surface area contributed by atoms with Gasteiger partial charge in [-0.3, -0.25) is 5.10 Å². The summed E-state index contributed by atoms with van der Waals surface area (Å²) in [6, 6.07) is 14.5. The van der Waals surface area contributed by atoms with Gasteiger partial charge in [0.25, 0.3) is 0 Å². The summed E-state index contributed by atoms with van der Waals surface area (Å²) in [4.78, 5) is 4.63. The first-order valence-corrected chi connectivity index (χ1v) is 10.7. The standard InChI is InChI=1S/C18H20N4O3S2/c1-13-12-15(8-9-16(13)25-2)27(23,24)19-10-11-26-18-20-17(21-22-18)14-6-4-3-5-7-14/h3-9,12,19H,10-11H2,1-2H3,(H,20,21,22). The minimum atomic E-state index is -3.57. The number of benzene rings is 2. The molecule has 1 heterocycles. The molecule has 9 heteroatoms. The molecule has 0 saturated heterocycles.